The standard InChI is InChI=1S/C24H30N2O5S2/c1-16-11-13-26(14-12-16)33(29,30)18-9-7-17(8-10-18)20(27)15-25-23-22(24(28)31-2)19-5-3-4-6-21(19)32-23/h7-10,16,25H,3-6,11-15H2,1-2H3. The summed E-state index contributed by atoms with van der Waals surface area (Å²) in [7, 11) is -2.18. The Balaban J connectivity index is 1.45. The second kappa shape index (κ2) is 9.95. The topological polar surface area (TPSA) is 92.8 Å². The van der Waals surface area contributed by atoms with Crippen molar-refractivity contribution >= 4 is 38.1 Å². The molecule has 0 amide bonds. The van der Waals surface area contributed by atoms with E-state index in [-0.39, 0.29) is 23.2 Å². The molecule has 1 N–H and O–H groups in total. The predicted molar refractivity (Wildman–Crippen MR) is 129 cm³/mol. The summed E-state index contributed by atoms with van der Waals surface area (Å²) in [6.07, 6.45) is 5.64. The molecule has 2 heterocycles. The van der Waals surface area contributed by atoms with Gasteiger partial charge in [0.05, 0.1) is 24.1 Å². The lowest BCUT2D eigenvalue weighted by Gasteiger charge is -2.29. The van der Waals surface area contributed by atoms with E-state index < -0.39 is 10.0 Å². The van der Waals surface area contributed by atoms with Crippen molar-refractivity contribution in [3.05, 3.63) is 45.8 Å². The molecule has 0 bridgehead atoms. The monoisotopic (exact) mass is 490 g/mol. The first-order valence-corrected chi connectivity index (χ1v) is 13.7. The number of nitrogens with zero attached hydrogens (tertiary/aromatic N) is 1. The van der Waals surface area contributed by atoms with Gasteiger partial charge in [-0.1, -0.05) is 6.92 Å². The molecule has 1 aliphatic carbocycles. The summed E-state index contributed by atoms with van der Waals surface area (Å²) in [5.41, 5.74) is 2.01. The molecule has 7 nitrogen and oxygen atoms in total. The SMILES string of the molecule is COC(=O)c1c(NCC(=O)c2ccc(S(=O)(=O)N3CCC(C)CC3)cc2)sc2c1CCCC2. The van der Waals surface area contributed by atoms with Gasteiger partial charge in [0.15, 0.2) is 5.78 Å². The molecule has 2 aliphatic rings. The van der Waals surface area contributed by atoms with E-state index in [4.69, 9.17) is 4.74 Å². The highest BCUT2D eigenvalue weighted by Gasteiger charge is 2.29. The molecule has 0 radical (unpaired) electrons. The fourth-order valence-corrected chi connectivity index (χ4v) is 7.20. The van der Waals surface area contributed by atoms with Crippen LogP contribution in [0.3, 0.4) is 0 Å². The van der Waals surface area contributed by atoms with E-state index in [1.165, 1.54) is 39.8 Å². The van der Waals surface area contributed by atoms with Gasteiger partial charge in [-0.25, -0.2) is 13.2 Å². The predicted octanol–water partition coefficient (Wildman–Crippen LogP) is 4.13. The summed E-state index contributed by atoms with van der Waals surface area (Å²) < 4.78 is 32.3. The number of piperidine rings is 1. The number of anilines is 1. The molecule has 4 rings (SSSR count). The van der Waals surface area contributed by atoms with E-state index in [9.17, 15) is 18.0 Å². The van der Waals surface area contributed by atoms with Gasteiger partial charge in [0.1, 0.15) is 5.00 Å². The van der Waals surface area contributed by atoms with Gasteiger partial charge in [0.25, 0.3) is 0 Å². The van der Waals surface area contributed by atoms with Crippen LogP contribution < -0.4 is 5.32 Å². The fraction of sp³-hybridized carbons (Fsp3) is 0.500. The summed E-state index contributed by atoms with van der Waals surface area (Å²) in [5.74, 6) is -0.0171. The molecule has 1 aliphatic heterocycles. The summed E-state index contributed by atoms with van der Waals surface area (Å²) in [6, 6.07) is 6.13. The van der Waals surface area contributed by atoms with Crippen molar-refractivity contribution in [2.45, 2.75) is 50.3 Å². The highest BCUT2D eigenvalue weighted by Crippen LogP contribution is 2.38. The summed E-state index contributed by atoms with van der Waals surface area (Å²) in [6.45, 7) is 3.21. The van der Waals surface area contributed by atoms with Crippen LogP contribution >= 0.6 is 11.3 Å². The highest BCUT2D eigenvalue weighted by molar-refractivity contribution is 7.89. The lowest BCUT2D eigenvalue weighted by molar-refractivity contribution is 0.0600. The average Bonchev–Trinajstić information content (AvgIpc) is 3.21. The number of aryl methyl sites for hydroxylation is 1. The third-order valence-corrected chi connectivity index (χ3v) is 9.69. The van der Waals surface area contributed by atoms with Crippen molar-refractivity contribution in [2.24, 2.45) is 5.92 Å². The third-order valence-electron chi connectivity index (χ3n) is 6.53. The number of hydrogen-bond acceptors (Lipinski definition) is 7. The Morgan fingerprint density at radius 1 is 1.12 bits per heavy atom. The van der Waals surface area contributed by atoms with Crippen LogP contribution in [-0.2, 0) is 27.6 Å². The first kappa shape index (κ1) is 23.9. The van der Waals surface area contributed by atoms with Crippen LogP contribution in [0, 0.1) is 5.92 Å². The number of ketones is 1. The molecule has 0 saturated carbocycles. The van der Waals surface area contributed by atoms with Crippen molar-refractivity contribution in [2.75, 3.05) is 32.1 Å². The minimum Gasteiger partial charge on any atom is -0.465 e. The van der Waals surface area contributed by atoms with Crippen molar-refractivity contribution in [3.63, 3.8) is 0 Å². The minimum atomic E-state index is -3.55. The zero-order valence-electron chi connectivity index (χ0n) is 19.1. The highest BCUT2D eigenvalue weighted by atomic mass is 32.2. The maximum absolute atomic E-state index is 12.9. The summed E-state index contributed by atoms with van der Waals surface area (Å²) in [4.78, 5) is 26.5. The van der Waals surface area contributed by atoms with E-state index >= 15 is 0 Å². The molecule has 0 atom stereocenters. The average molecular weight is 491 g/mol. The van der Waals surface area contributed by atoms with Crippen LogP contribution in [0.2, 0.25) is 0 Å². The van der Waals surface area contributed by atoms with E-state index in [1.54, 1.807) is 12.1 Å². The second-order valence-electron chi connectivity index (χ2n) is 8.79. The molecular formula is C24H30N2O5S2. The van der Waals surface area contributed by atoms with Crippen molar-refractivity contribution in [1.29, 1.82) is 0 Å². The first-order valence-electron chi connectivity index (χ1n) is 11.4. The quantitative estimate of drug-likeness (QED) is 0.463. The number of methoxy groups -OCH3 is 1. The van der Waals surface area contributed by atoms with Gasteiger partial charge in [-0.3, -0.25) is 4.79 Å². The number of fused-ring (bicyclic) bond motifs is 1. The number of sulfonamides is 1. The molecule has 1 aromatic heterocycles. The Morgan fingerprint density at radius 3 is 2.45 bits per heavy atom. The molecule has 0 unspecified atom stereocenters. The van der Waals surface area contributed by atoms with Gasteiger partial charge in [0, 0.05) is 23.5 Å². The van der Waals surface area contributed by atoms with Crippen LogP contribution in [0.1, 0.15) is 63.8 Å². The number of nitrogens with one attached hydrogen (secondary N) is 1. The van der Waals surface area contributed by atoms with E-state index in [1.807, 2.05) is 0 Å². The normalized spacial score (nSPS) is 17.4. The largest absolute Gasteiger partial charge is 0.465 e. The summed E-state index contributed by atoms with van der Waals surface area (Å²) >= 11 is 1.52. The molecule has 1 saturated heterocycles. The molecule has 0 spiro atoms. The van der Waals surface area contributed by atoms with Crippen LogP contribution in [0.25, 0.3) is 0 Å². The second-order valence-corrected chi connectivity index (χ2v) is 11.8. The van der Waals surface area contributed by atoms with Gasteiger partial charge >= 0.3 is 5.97 Å². The molecule has 33 heavy (non-hydrogen) atoms. The lowest BCUT2D eigenvalue weighted by Crippen LogP contribution is -2.37. The number of carbonyl (C=O) groups excluding carboxylic acids is 2. The van der Waals surface area contributed by atoms with E-state index in [0.29, 0.717) is 35.1 Å². The van der Waals surface area contributed by atoms with Gasteiger partial charge in [-0.05, 0) is 74.3 Å². The fourth-order valence-electron chi connectivity index (χ4n) is 4.46. The molecule has 9 heteroatoms. The molecular weight excluding hydrogens is 460 g/mol. The van der Waals surface area contributed by atoms with Crippen LogP contribution in [0.4, 0.5) is 5.00 Å². The number of thiophene rings is 1. The Labute approximate surface area is 199 Å². The number of esters is 1. The number of Topliss-reactive ketones (excluding diaryl/α,β-unsaturated/α-hetero) is 1. The van der Waals surface area contributed by atoms with E-state index in [0.717, 1.165) is 44.1 Å². The van der Waals surface area contributed by atoms with Crippen molar-refractivity contribution in [1.82, 2.24) is 4.31 Å². The Bertz CT molecular complexity index is 1130. The number of benzene rings is 1. The van der Waals surface area contributed by atoms with Gasteiger partial charge in [0.2, 0.25) is 10.0 Å². The summed E-state index contributed by atoms with van der Waals surface area (Å²) in [5, 5.41) is 3.79. The van der Waals surface area contributed by atoms with Crippen LogP contribution in [0.15, 0.2) is 29.2 Å². The maximum atomic E-state index is 12.9. The molecule has 178 valence electrons. The Kier molecular flexibility index (Phi) is 7.21. The van der Waals surface area contributed by atoms with Crippen molar-refractivity contribution < 1.29 is 22.7 Å². The number of hydrogen-bond donors (Lipinski definition) is 1. The first-order chi connectivity index (χ1) is 15.8. The number of carbonyl (C=O) groups is 2. The van der Waals surface area contributed by atoms with Gasteiger partial charge in [-0.15, -0.1) is 11.3 Å². The maximum Gasteiger partial charge on any atom is 0.341 e. The van der Waals surface area contributed by atoms with Crippen LogP contribution in [-0.4, -0.2) is 51.2 Å². The van der Waals surface area contributed by atoms with Crippen molar-refractivity contribution in [3.8, 4) is 0 Å². The minimum absolute atomic E-state index is 0.0134. The number of ether oxygens (including phenoxy) is 1. The molecule has 2 aromatic rings. The van der Waals surface area contributed by atoms with Gasteiger partial charge in [-0.2, -0.15) is 4.31 Å². The number of rotatable bonds is 7. The zero-order valence-corrected chi connectivity index (χ0v) is 20.7. The Morgan fingerprint density at radius 2 is 1.79 bits per heavy atom. The van der Waals surface area contributed by atoms with Gasteiger partial charge < -0.3 is 10.1 Å². The Hall–Kier alpha value is -2.23. The third kappa shape index (κ3) is 5.00. The molecule has 1 aromatic carbocycles. The zero-order chi connectivity index (χ0) is 23.6. The molecule has 1 fully saturated rings. The lowest BCUT2D eigenvalue weighted by atomic mass is 9.95. The van der Waals surface area contributed by atoms with E-state index in [2.05, 4.69) is 12.2 Å². The smallest absolute Gasteiger partial charge is 0.341 e. The van der Waals surface area contributed by atoms with Crippen LogP contribution in [0.5, 0.6) is 0 Å².